The Hall–Kier alpha value is -2.88. The van der Waals surface area contributed by atoms with Gasteiger partial charge in [-0.3, -0.25) is 4.79 Å². The summed E-state index contributed by atoms with van der Waals surface area (Å²) in [7, 11) is 0. The smallest absolute Gasteiger partial charge is 0.232 e. The zero-order valence-corrected chi connectivity index (χ0v) is 16.3. The third kappa shape index (κ3) is 2.93. The maximum Gasteiger partial charge on any atom is 0.232 e. The van der Waals surface area contributed by atoms with E-state index in [1.54, 1.807) is 0 Å². The molecule has 28 heavy (non-hydrogen) atoms. The van der Waals surface area contributed by atoms with E-state index < -0.39 is 5.41 Å². The number of nitrogens with two attached hydrogens (primary N) is 1. The van der Waals surface area contributed by atoms with Crippen LogP contribution in [-0.2, 0) is 16.6 Å². The summed E-state index contributed by atoms with van der Waals surface area (Å²) in [5.41, 5.74) is 7.34. The van der Waals surface area contributed by atoms with E-state index in [1.165, 1.54) is 0 Å². The number of nitrogens with zero attached hydrogens (tertiary/aromatic N) is 2. The Morgan fingerprint density at radius 3 is 2.21 bits per heavy atom. The van der Waals surface area contributed by atoms with Crippen LogP contribution >= 0.6 is 0 Å². The lowest BCUT2D eigenvalue weighted by molar-refractivity contribution is -0.123. The minimum absolute atomic E-state index is 0.145. The molecule has 2 N–H and O–H groups in total. The Labute approximate surface area is 166 Å². The quantitative estimate of drug-likeness (QED) is 0.702. The molecule has 1 heterocycles. The van der Waals surface area contributed by atoms with Gasteiger partial charge in [0.2, 0.25) is 5.91 Å². The van der Waals surface area contributed by atoms with Gasteiger partial charge < -0.3 is 10.3 Å². The van der Waals surface area contributed by atoms with E-state index in [9.17, 15) is 4.79 Å². The Morgan fingerprint density at radius 2 is 1.68 bits per heavy atom. The highest BCUT2D eigenvalue weighted by molar-refractivity contribution is 5.91. The summed E-state index contributed by atoms with van der Waals surface area (Å²) in [5, 5.41) is 0. The summed E-state index contributed by atoms with van der Waals surface area (Å²) in [6, 6.07) is 20.5. The summed E-state index contributed by atoms with van der Waals surface area (Å²) in [5.74, 6) is 0.985. The minimum Gasteiger partial charge on any atom is -0.369 e. The number of imidazole rings is 1. The Bertz CT molecular complexity index is 893. The normalized spacial score (nSPS) is 19.6. The predicted molar refractivity (Wildman–Crippen MR) is 111 cm³/mol. The average molecular weight is 374 g/mol. The monoisotopic (exact) mass is 373 g/mol. The molecule has 1 fully saturated rings. The summed E-state index contributed by atoms with van der Waals surface area (Å²) >= 11 is 0. The SMILES string of the molecule is CCc1nccn1[C@H]1CC[C@@H](C(C(N)=O)(c2ccccc2)c2ccccc2)C1. The Kier molecular flexibility index (Phi) is 5.03. The van der Waals surface area contributed by atoms with E-state index in [-0.39, 0.29) is 11.8 Å². The molecule has 2 aromatic carbocycles. The fourth-order valence-corrected chi connectivity index (χ4v) is 5.08. The molecule has 0 radical (unpaired) electrons. The molecule has 3 aromatic rings. The first kappa shape index (κ1) is 18.5. The first-order valence-electron chi connectivity index (χ1n) is 10.1. The van der Waals surface area contributed by atoms with E-state index in [2.05, 4.69) is 22.7 Å². The number of rotatable bonds is 6. The number of benzene rings is 2. The first-order valence-corrected chi connectivity index (χ1v) is 10.1. The maximum atomic E-state index is 13.1. The van der Waals surface area contributed by atoms with Gasteiger partial charge >= 0.3 is 0 Å². The zero-order chi connectivity index (χ0) is 19.6. The van der Waals surface area contributed by atoms with Crippen molar-refractivity contribution in [2.45, 2.75) is 44.1 Å². The van der Waals surface area contributed by atoms with Crippen molar-refractivity contribution in [2.75, 3.05) is 0 Å². The van der Waals surface area contributed by atoms with E-state index in [1.807, 2.05) is 66.9 Å². The van der Waals surface area contributed by atoms with Crippen LogP contribution < -0.4 is 5.73 Å². The molecule has 1 aliphatic carbocycles. The Balaban J connectivity index is 1.80. The summed E-state index contributed by atoms with van der Waals surface area (Å²) < 4.78 is 2.29. The van der Waals surface area contributed by atoms with E-state index in [4.69, 9.17) is 5.73 Å². The van der Waals surface area contributed by atoms with Crippen LogP contribution in [0.15, 0.2) is 73.1 Å². The molecule has 0 bridgehead atoms. The fraction of sp³-hybridized carbons (Fsp3) is 0.333. The second-order valence-corrected chi connectivity index (χ2v) is 7.67. The molecular weight excluding hydrogens is 346 g/mol. The average Bonchev–Trinajstić information content (AvgIpc) is 3.39. The van der Waals surface area contributed by atoms with Gasteiger partial charge in [-0.1, -0.05) is 67.6 Å². The lowest BCUT2D eigenvalue weighted by Crippen LogP contribution is -2.47. The molecule has 4 rings (SSSR count). The molecule has 0 aliphatic heterocycles. The number of aryl methyl sites for hydroxylation is 1. The molecule has 1 amide bonds. The topological polar surface area (TPSA) is 60.9 Å². The predicted octanol–water partition coefficient (Wildman–Crippen LogP) is 4.26. The van der Waals surface area contributed by atoms with Gasteiger partial charge in [-0.2, -0.15) is 0 Å². The molecule has 2 atom stereocenters. The number of primary amides is 1. The molecule has 4 nitrogen and oxygen atoms in total. The van der Waals surface area contributed by atoms with E-state index >= 15 is 0 Å². The molecule has 0 unspecified atom stereocenters. The van der Waals surface area contributed by atoms with E-state index in [0.717, 1.165) is 42.6 Å². The van der Waals surface area contributed by atoms with Crippen molar-refractivity contribution in [3.63, 3.8) is 0 Å². The maximum absolute atomic E-state index is 13.1. The molecular formula is C24H27N3O. The van der Waals surface area contributed by atoms with Crippen LogP contribution in [0.4, 0.5) is 0 Å². The lowest BCUT2D eigenvalue weighted by atomic mass is 9.64. The van der Waals surface area contributed by atoms with Crippen LogP contribution in [-0.4, -0.2) is 15.5 Å². The Morgan fingerprint density at radius 1 is 1.07 bits per heavy atom. The van der Waals surface area contributed by atoms with Crippen molar-refractivity contribution < 1.29 is 4.79 Å². The highest BCUT2D eigenvalue weighted by Gasteiger charge is 2.50. The molecule has 1 aromatic heterocycles. The van der Waals surface area contributed by atoms with Gasteiger partial charge in [0.05, 0.1) is 0 Å². The van der Waals surface area contributed by atoms with Crippen molar-refractivity contribution in [2.24, 2.45) is 11.7 Å². The zero-order valence-electron chi connectivity index (χ0n) is 16.3. The number of hydrogen-bond donors (Lipinski definition) is 1. The van der Waals surface area contributed by atoms with Gasteiger partial charge in [0.1, 0.15) is 11.2 Å². The molecule has 1 aliphatic rings. The minimum atomic E-state index is -0.815. The van der Waals surface area contributed by atoms with Gasteiger partial charge in [-0.15, -0.1) is 0 Å². The largest absolute Gasteiger partial charge is 0.369 e. The number of aromatic nitrogens is 2. The number of hydrogen-bond acceptors (Lipinski definition) is 2. The van der Waals surface area contributed by atoms with Crippen molar-refractivity contribution in [1.82, 2.24) is 9.55 Å². The lowest BCUT2D eigenvalue weighted by Gasteiger charge is -2.37. The molecule has 0 spiro atoms. The molecule has 4 heteroatoms. The van der Waals surface area contributed by atoms with Crippen LogP contribution in [0.25, 0.3) is 0 Å². The molecule has 1 saturated carbocycles. The standard InChI is InChI=1S/C24H27N3O/c1-2-22-26-15-16-27(22)21-14-13-20(17-21)24(23(25)28,18-9-5-3-6-10-18)19-11-7-4-8-12-19/h3-12,15-16,20-21H,2,13-14,17H2,1H3,(H2,25,28)/t20-,21+/m1/s1. The first-order chi connectivity index (χ1) is 13.7. The molecule has 144 valence electrons. The van der Waals surface area contributed by atoms with E-state index in [0.29, 0.717) is 6.04 Å². The van der Waals surface area contributed by atoms with Crippen molar-refractivity contribution >= 4 is 5.91 Å². The van der Waals surface area contributed by atoms with Crippen molar-refractivity contribution in [1.29, 1.82) is 0 Å². The molecule has 0 saturated heterocycles. The second kappa shape index (κ2) is 7.63. The van der Waals surface area contributed by atoms with Crippen LogP contribution in [0.2, 0.25) is 0 Å². The van der Waals surface area contributed by atoms with Gasteiger partial charge in [0.15, 0.2) is 0 Å². The van der Waals surface area contributed by atoms with Gasteiger partial charge in [-0.25, -0.2) is 4.98 Å². The van der Waals surface area contributed by atoms with Crippen molar-refractivity contribution in [3.05, 3.63) is 90.0 Å². The van der Waals surface area contributed by atoms with Crippen LogP contribution in [0, 0.1) is 5.92 Å². The fourth-order valence-electron chi connectivity index (χ4n) is 5.08. The number of carbonyl (C=O) groups excluding carboxylic acids is 1. The highest BCUT2D eigenvalue weighted by atomic mass is 16.1. The van der Waals surface area contributed by atoms with Crippen LogP contribution in [0.3, 0.4) is 0 Å². The second-order valence-electron chi connectivity index (χ2n) is 7.67. The summed E-state index contributed by atoms with van der Waals surface area (Å²) in [6.45, 7) is 2.13. The number of amides is 1. The number of carbonyl (C=O) groups is 1. The summed E-state index contributed by atoms with van der Waals surface area (Å²) in [6.07, 6.45) is 7.76. The van der Waals surface area contributed by atoms with Gasteiger partial charge in [-0.05, 0) is 36.3 Å². The van der Waals surface area contributed by atoms with Crippen LogP contribution in [0.1, 0.15) is 49.2 Å². The van der Waals surface area contributed by atoms with Gasteiger partial charge in [0.25, 0.3) is 0 Å². The van der Waals surface area contributed by atoms with Crippen molar-refractivity contribution in [3.8, 4) is 0 Å². The highest BCUT2D eigenvalue weighted by Crippen LogP contribution is 2.50. The summed E-state index contributed by atoms with van der Waals surface area (Å²) in [4.78, 5) is 17.6. The van der Waals surface area contributed by atoms with Gasteiger partial charge in [0, 0.05) is 24.9 Å². The third-order valence-electron chi connectivity index (χ3n) is 6.32. The van der Waals surface area contributed by atoms with Crippen LogP contribution in [0.5, 0.6) is 0 Å². The third-order valence-corrected chi connectivity index (χ3v) is 6.32.